The van der Waals surface area contributed by atoms with Gasteiger partial charge in [-0.2, -0.15) is 0 Å². The first-order valence-corrected chi connectivity index (χ1v) is 8.21. The number of hydrogen-bond donors (Lipinski definition) is 2. The second-order valence-corrected chi connectivity index (χ2v) is 5.95. The fourth-order valence-electron chi connectivity index (χ4n) is 2.53. The summed E-state index contributed by atoms with van der Waals surface area (Å²) in [6.07, 6.45) is 1.13. The zero-order valence-electron chi connectivity index (χ0n) is 14.1. The predicted molar refractivity (Wildman–Crippen MR) is 96.7 cm³/mol. The summed E-state index contributed by atoms with van der Waals surface area (Å²) in [6, 6.07) is 14.1. The highest BCUT2D eigenvalue weighted by Gasteiger charge is 2.12. The van der Waals surface area contributed by atoms with E-state index in [1.165, 1.54) is 5.56 Å². The molecule has 1 unspecified atom stereocenters. The minimum atomic E-state index is 0.276. The largest absolute Gasteiger partial charge is 0.454 e. The molecule has 5 nitrogen and oxygen atoms in total. The molecule has 0 aliphatic carbocycles. The van der Waals surface area contributed by atoms with Crippen LogP contribution in [0.2, 0.25) is 0 Å². The molecule has 126 valence electrons. The maximum Gasteiger partial charge on any atom is 0.231 e. The lowest BCUT2D eigenvalue weighted by atomic mass is 9.99. The van der Waals surface area contributed by atoms with E-state index < -0.39 is 0 Å². The summed E-state index contributed by atoms with van der Waals surface area (Å²) in [5, 5.41) is 3.12. The monoisotopic (exact) mass is 325 g/mol. The van der Waals surface area contributed by atoms with E-state index in [0.29, 0.717) is 18.4 Å². The Kier molecular flexibility index (Phi) is 4.89. The minimum absolute atomic E-state index is 0.276. The summed E-state index contributed by atoms with van der Waals surface area (Å²) in [5.74, 6) is 2.49. The summed E-state index contributed by atoms with van der Waals surface area (Å²) in [4.78, 5) is 4.38. The van der Waals surface area contributed by atoms with Gasteiger partial charge in [0.25, 0.3) is 0 Å². The molecule has 0 amide bonds. The molecule has 1 aliphatic heterocycles. The van der Waals surface area contributed by atoms with Crippen LogP contribution in [0, 0.1) is 0 Å². The molecule has 0 saturated heterocycles. The fraction of sp³-hybridized carbons (Fsp3) is 0.316. The summed E-state index contributed by atoms with van der Waals surface area (Å²) >= 11 is 0. The highest BCUT2D eigenvalue weighted by Crippen LogP contribution is 2.32. The van der Waals surface area contributed by atoms with Gasteiger partial charge < -0.3 is 20.5 Å². The molecule has 24 heavy (non-hydrogen) atoms. The van der Waals surface area contributed by atoms with E-state index in [1.807, 2.05) is 30.3 Å². The van der Waals surface area contributed by atoms with Crippen molar-refractivity contribution in [3.8, 4) is 11.5 Å². The first kappa shape index (κ1) is 16.2. The van der Waals surface area contributed by atoms with Gasteiger partial charge in [-0.1, -0.05) is 32.0 Å². The average Bonchev–Trinajstić information content (AvgIpc) is 3.07. The Morgan fingerprint density at radius 1 is 1.17 bits per heavy atom. The van der Waals surface area contributed by atoms with Crippen LogP contribution in [0.4, 0.5) is 5.69 Å². The Morgan fingerprint density at radius 2 is 1.92 bits per heavy atom. The van der Waals surface area contributed by atoms with Crippen molar-refractivity contribution in [2.24, 2.45) is 10.7 Å². The van der Waals surface area contributed by atoms with E-state index in [0.717, 1.165) is 29.2 Å². The van der Waals surface area contributed by atoms with Crippen LogP contribution in [0.5, 0.6) is 11.5 Å². The molecule has 1 heterocycles. The van der Waals surface area contributed by atoms with Crippen LogP contribution in [0.1, 0.15) is 37.3 Å². The van der Waals surface area contributed by atoms with Crippen LogP contribution in [-0.2, 0) is 6.54 Å². The Morgan fingerprint density at radius 3 is 2.67 bits per heavy atom. The normalized spacial score (nSPS) is 14.5. The standard InChI is InChI=1S/C19H23N3O2/c1-3-13(2)15-5-7-16(8-6-15)22-19(20)21-11-14-4-9-17-18(10-14)24-12-23-17/h4-10,13H,3,11-12H2,1-2H3,(H3,20,21,22). The Balaban J connectivity index is 1.60. The number of nitrogens with two attached hydrogens (primary N) is 1. The minimum Gasteiger partial charge on any atom is -0.454 e. The van der Waals surface area contributed by atoms with Gasteiger partial charge in [0.2, 0.25) is 6.79 Å². The van der Waals surface area contributed by atoms with Crippen molar-refractivity contribution in [3.63, 3.8) is 0 Å². The van der Waals surface area contributed by atoms with Crippen LogP contribution in [0.15, 0.2) is 47.5 Å². The van der Waals surface area contributed by atoms with Crippen molar-refractivity contribution in [1.82, 2.24) is 0 Å². The van der Waals surface area contributed by atoms with E-state index in [4.69, 9.17) is 15.2 Å². The zero-order valence-corrected chi connectivity index (χ0v) is 14.1. The third kappa shape index (κ3) is 3.79. The molecular formula is C19H23N3O2. The molecule has 0 spiro atoms. The van der Waals surface area contributed by atoms with Crippen molar-refractivity contribution in [2.45, 2.75) is 32.7 Å². The molecule has 2 aromatic rings. The highest BCUT2D eigenvalue weighted by molar-refractivity contribution is 5.92. The fourth-order valence-corrected chi connectivity index (χ4v) is 2.53. The second-order valence-electron chi connectivity index (χ2n) is 5.95. The molecule has 1 atom stereocenters. The summed E-state index contributed by atoms with van der Waals surface area (Å²) in [5.41, 5.74) is 9.27. The van der Waals surface area contributed by atoms with Gasteiger partial charge in [0.05, 0.1) is 6.54 Å². The number of nitrogens with one attached hydrogen (secondary N) is 1. The van der Waals surface area contributed by atoms with Crippen LogP contribution in [-0.4, -0.2) is 12.8 Å². The molecule has 0 aromatic heterocycles. The topological polar surface area (TPSA) is 68.9 Å². The number of guanidine groups is 1. The van der Waals surface area contributed by atoms with Crippen molar-refractivity contribution >= 4 is 11.6 Å². The van der Waals surface area contributed by atoms with Crippen molar-refractivity contribution in [3.05, 3.63) is 53.6 Å². The SMILES string of the molecule is CCC(C)c1ccc(NC(N)=NCc2ccc3c(c2)OCO3)cc1. The van der Waals surface area contributed by atoms with Gasteiger partial charge in [0.15, 0.2) is 17.5 Å². The Labute approximate surface area is 142 Å². The molecule has 0 fully saturated rings. The summed E-state index contributed by atoms with van der Waals surface area (Å²) < 4.78 is 10.7. The first-order valence-electron chi connectivity index (χ1n) is 8.21. The van der Waals surface area contributed by atoms with Crippen LogP contribution in [0.25, 0.3) is 0 Å². The van der Waals surface area contributed by atoms with Gasteiger partial charge in [-0.15, -0.1) is 0 Å². The Bertz CT molecular complexity index is 726. The third-order valence-electron chi connectivity index (χ3n) is 4.23. The van der Waals surface area contributed by atoms with Crippen molar-refractivity contribution in [1.29, 1.82) is 0 Å². The van der Waals surface area contributed by atoms with E-state index >= 15 is 0 Å². The number of ether oxygens (including phenoxy) is 2. The number of anilines is 1. The summed E-state index contributed by atoms with van der Waals surface area (Å²) in [6.45, 7) is 5.18. The van der Waals surface area contributed by atoms with Crippen LogP contribution in [0.3, 0.4) is 0 Å². The van der Waals surface area contributed by atoms with Crippen molar-refractivity contribution in [2.75, 3.05) is 12.1 Å². The second kappa shape index (κ2) is 7.25. The Hall–Kier alpha value is -2.69. The molecule has 0 bridgehead atoms. The molecule has 0 saturated carbocycles. The molecule has 3 N–H and O–H groups in total. The molecule has 5 heteroatoms. The van der Waals surface area contributed by atoms with E-state index in [-0.39, 0.29) is 6.79 Å². The van der Waals surface area contributed by atoms with Crippen molar-refractivity contribution < 1.29 is 9.47 Å². The van der Waals surface area contributed by atoms with Gasteiger partial charge in [-0.05, 0) is 47.7 Å². The molecule has 1 aliphatic rings. The van der Waals surface area contributed by atoms with Gasteiger partial charge in [0, 0.05) is 5.69 Å². The van der Waals surface area contributed by atoms with E-state index in [2.05, 4.69) is 36.3 Å². The number of aliphatic imine (C=N–C) groups is 1. The van der Waals surface area contributed by atoms with E-state index in [9.17, 15) is 0 Å². The number of rotatable bonds is 5. The maximum atomic E-state index is 5.97. The van der Waals surface area contributed by atoms with E-state index in [1.54, 1.807) is 0 Å². The molecular weight excluding hydrogens is 302 g/mol. The number of fused-ring (bicyclic) bond motifs is 1. The lowest BCUT2D eigenvalue weighted by Crippen LogP contribution is -2.22. The third-order valence-corrected chi connectivity index (χ3v) is 4.23. The van der Waals surface area contributed by atoms with Gasteiger partial charge in [-0.25, -0.2) is 4.99 Å². The molecule has 0 radical (unpaired) electrons. The zero-order chi connectivity index (χ0) is 16.9. The quantitative estimate of drug-likeness (QED) is 0.647. The van der Waals surface area contributed by atoms with Gasteiger partial charge >= 0.3 is 0 Å². The van der Waals surface area contributed by atoms with Gasteiger partial charge in [0.1, 0.15) is 0 Å². The number of nitrogens with zero attached hydrogens (tertiary/aromatic N) is 1. The smallest absolute Gasteiger partial charge is 0.231 e. The lowest BCUT2D eigenvalue weighted by molar-refractivity contribution is 0.174. The maximum absolute atomic E-state index is 5.97. The molecule has 2 aromatic carbocycles. The average molecular weight is 325 g/mol. The molecule has 3 rings (SSSR count). The van der Waals surface area contributed by atoms with Gasteiger partial charge in [-0.3, -0.25) is 0 Å². The lowest BCUT2D eigenvalue weighted by Gasteiger charge is -2.11. The number of hydrogen-bond acceptors (Lipinski definition) is 3. The van der Waals surface area contributed by atoms with Crippen LogP contribution >= 0.6 is 0 Å². The summed E-state index contributed by atoms with van der Waals surface area (Å²) in [7, 11) is 0. The van der Waals surface area contributed by atoms with Crippen LogP contribution < -0.4 is 20.5 Å². The number of benzene rings is 2. The first-order chi connectivity index (χ1) is 11.7. The highest BCUT2D eigenvalue weighted by atomic mass is 16.7. The predicted octanol–water partition coefficient (Wildman–Crippen LogP) is 3.86.